The normalized spacial score (nSPS) is 18.7. The van der Waals surface area contributed by atoms with Gasteiger partial charge in [0.25, 0.3) is 0 Å². The number of likely N-dealkylation sites (tertiary alicyclic amines) is 2. The quantitative estimate of drug-likeness (QED) is 0.132. The number of rotatable bonds is 14. The van der Waals surface area contributed by atoms with Crippen LogP contribution in [0.4, 0.5) is 9.59 Å². The standard InChI is InChI=1S/C40H50N8O9/c1-23(53-3)33(45-39(51)55-5)37(49)47-18-8-12-31(47)35-41-21-29(43-35)25-14-16-27(17-15-25)57-28-11-7-10-26(20-28)30-22-42-36(44-30)32-13-9-19-48(32)38(50)34(24(2)54-4)46-40(52)56-6/h7,10-11,14-17,20-24,31-34H,8-9,12-13,18-19H2,1-6H3,(H,41,43)(H,42,44)(H,45,51)(H,46,52)/t23-,24-,31+,32+,33+,34+/m1/s1. The number of benzene rings is 2. The number of hydrogen-bond acceptors (Lipinski definition) is 11. The lowest BCUT2D eigenvalue weighted by Crippen LogP contribution is -2.54. The lowest BCUT2D eigenvalue weighted by atomic mass is 10.1. The molecule has 4 aromatic rings. The minimum absolute atomic E-state index is 0.265. The third-order valence-corrected chi connectivity index (χ3v) is 10.6. The van der Waals surface area contributed by atoms with Crippen molar-refractivity contribution in [2.75, 3.05) is 41.5 Å². The van der Waals surface area contributed by atoms with Crippen molar-refractivity contribution in [2.45, 2.75) is 75.9 Å². The van der Waals surface area contributed by atoms with E-state index < -0.39 is 36.5 Å². The van der Waals surface area contributed by atoms with Crippen molar-refractivity contribution in [1.82, 2.24) is 40.4 Å². The number of aromatic amines is 2. The van der Waals surface area contributed by atoms with Crippen molar-refractivity contribution in [1.29, 1.82) is 0 Å². The van der Waals surface area contributed by atoms with Crippen LogP contribution in [-0.4, -0.2) is 120 Å². The van der Waals surface area contributed by atoms with E-state index in [1.165, 1.54) is 28.4 Å². The minimum Gasteiger partial charge on any atom is -0.457 e. The average molecular weight is 787 g/mol. The molecule has 2 aromatic heterocycles. The highest BCUT2D eigenvalue weighted by atomic mass is 16.5. The molecule has 6 atom stereocenters. The first-order valence-corrected chi connectivity index (χ1v) is 18.9. The van der Waals surface area contributed by atoms with Crippen LogP contribution in [0.1, 0.15) is 63.3 Å². The van der Waals surface area contributed by atoms with Gasteiger partial charge in [-0.05, 0) is 81.5 Å². The van der Waals surface area contributed by atoms with E-state index in [0.717, 1.165) is 41.8 Å². The fraction of sp³-hybridized carbons (Fsp3) is 0.450. The van der Waals surface area contributed by atoms with Gasteiger partial charge in [-0.25, -0.2) is 19.6 Å². The number of imidazole rings is 2. The molecule has 17 nitrogen and oxygen atoms in total. The molecule has 4 N–H and O–H groups in total. The third kappa shape index (κ3) is 9.21. The van der Waals surface area contributed by atoms with Crippen LogP contribution in [0.2, 0.25) is 0 Å². The highest BCUT2D eigenvalue weighted by Crippen LogP contribution is 2.35. The second-order valence-corrected chi connectivity index (χ2v) is 14.0. The van der Waals surface area contributed by atoms with E-state index in [4.69, 9.17) is 23.7 Å². The van der Waals surface area contributed by atoms with Crippen molar-refractivity contribution in [3.63, 3.8) is 0 Å². The van der Waals surface area contributed by atoms with Crippen LogP contribution < -0.4 is 15.4 Å². The van der Waals surface area contributed by atoms with Gasteiger partial charge in [0.05, 0.1) is 62.3 Å². The Morgan fingerprint density at radius 1 is 0.684 bits per heavy atom. The van der Waals surface area contributed by atoms with Crippen LogP contribution in [0.15, 0.2) is 60.9 Å². The molecule has 4 amide bonds. The Morgan fingerprint density at radius 3 is 1.65 bits per heavy atom. The van der Waals surface area contributed by atoms with Crippen LogP contribution in [0.3, 0.4) is 0 Å². The number of alkyl carbamates (subject to hydrolysis) is 2. The molecule has 6 rings (SSSR count). The van der Waals surface area contributed by atoms with Gasteiger partial charge in [-0.2, -0.15) is 0 Å². The highest BCUT2D eigenvalue weighted by Gasteiger charge is 2.40. The summed E-state index contributed by atoms with van der Waals surface area (Å²) in [7, 11) is 5.47. The summed E-state index contributed by atoms with van der Waals surface area (Å²) in [6.07, 6.45) is 3.95. The van der Waals surface area contributed by atoms with Gasteiger partial charge < -0.3 is 54.1 Å². The smallest absolute Gasteiger partial charge is 0.407 e. The van der Waals surface area contributed by atoms with E-state index in [0.29, 0.717) is 42.7 Å². The van der Waals surface area contributed by atoms with Crippen molar-refractivity contribution in [3.8, 4) is 34.0 Å². The Bertz CT molecular complexity index is 2020. The third-order valence-electron chi connectivity index (χ3n) is 10.6. The average Bonchev–Trinajstić information content (AvgIpc) is 4.08. The number of amides is 4. The fourth-order valence-electron chi connectivity index (χ4n) is 7.26. The maximum Gasteiger partial charge on any atom is 0.407 e. The molecule has 17 heteroatoms. The fourth-order valence-corrected chi connectivity index (χ4v) is 7.26. The van der Waals surface area contributed by atoms with Crippen LogP contribution in [0, 0.1) is 0 Å². The molecule has 0 spiro atoms. The summed E-state index contributed by atoms with van der Waals surface area (Å²) < 4.78 is 26.5. The molecule has 57 heavy (non-hydrogen) atoms. The van der Waals surface area contributed by atoms with E-state index in [2.05, 4.69) is 30.6 Å². The van der Waals surface area contributed by atoms with E-state index in [1.807, 2.05) is 48.5 Å². The molecule has 2 fully saturated rings. The van der Waals surface area contributed by atoms with Gasteiger partial charge in [0.1, 0.15) is 35.2 Å². The molecule has 304 valence electrons. The van der Waals surface area contributed by atoms with Gasteiger partial charge in [-0.15, -0.1) is 0 Å². The lowest BCUT2D eigenvalue weighted by molar-refractivity contribution is -0.138. The van der Waals surface area contributed by atoms with Gasteiger partial charge in [-0.3, -0.25) is 9.59 Å². The number of carbonyl (C=O) groups is 4. The molecule has 0 unspecified atom stereocenters. The van der Waals surface area contributed by atoms with E-state index >= 15 is 0 Å². The molecular formula is C40H50N8O9. The van der Waals surface area contributed by atoms with Crippen LogP contribution in [0.5, 0.6) is 11.5 Å². The number of hydrogen-bond donors (Lipinski definition) is 4. The molecular weight excluding hydrogens is 736 g/mol. The summed E-state index contributed by atoms with van der Waals surface area (Å²) >= 11 is 0. The summed E-state index contributed by atoms with van der Waals surface area (Å²) in [6, 6.07) is 12.8. The minimum atomic E-state index is -0.916. The first-order valence-electron chi connectivity index (χ1n) is 18.9. The Morgan fingerprint density at radius 2 is 1.18 bits per heavy atom. The maximum atomic E-state index is 13.6. The molecule has 0 saturated carbocycles. The van der Waals surface area contributed by atoms with Gasteiger partial charge in [0.2, 0.25) is 11.8 Å². The first-order chi connectivity index (χ1) is 27.5. The molecule has 2 aliphatic heterocycles. The zero-order valence-corrected chi connectivity index (χ0v) is 32.9. The van der Waals surface area contributed by atoms with Crippen molar-refractivity contribution < 1.29 is 42.9 Å². The number of H-pyrrole nitrogens is 2. The van der Waals surface area contributed by atoms with Crippen molar-refractivity contribution in [2.24, 2.45) is 0 Å². The predicted octanol–water partition coefficient (Wildman–Crippen LogP) is 5.11. The summed E-state index contributed by atoms with van der Waals surface area (Å²) in [5.74, 6) is 2.02. The summed E-state index contributed by atoms with van der Waals surface area (Å²) in [5, 5.41) is 5.22. The van der Waals surface area contributed by atoms with Crippen LogP contribution in [-0.2, 0) is 28.5 Å². The Hall–Kier alpha value is -5.94. The molecule has 4 heterocycles. The largest absolute Gasteiger partial charge is 0.457 e. The van der Waals surface area contributed by atoms with E-state index in [1.54, 1.807) is 36.0 Å². The van der Waals surface area contributed by atoms with E-state index in [-0.39, 0.29) is 23.9 Å². The zero-order chi connectivity index (χ0) is 40.6. The van der Waals surface area contributed by atoms with Crippen LogP contribution >= 0.6 is 0 Å². The monoisotopic (exact) mass is 786 g/mol. The number of ether oxygens (including phenoxy) is 5. The first kappa shape index (κ1) is 40.7. The number of aromatic nitrogens is 4. The number of methoxy groups -OCH3 is 4. The summed E-state index contributed by atoms with van der Waals surface area (Å²) in [4.78, 5) is 70.8. The predicted molar refractivity (Wildman–Crippen MR) is 207 cm³/mol. The Balaban J connectivity index is 1.10. The molecule has 2 aromatic carbocycles. The molecule has 0 radical (unpaired) electrons. The SMILES string of the molecule is COC(=O)N[C@H](C(=O)N1CCC[C@H]1c1ncc(-c2ccc(Oc3cccc(-c4cnc([C@@H]5CCCN5C(=O)[C@@H](NC(=O)OC)[C@@H](C)OC)[nH]4)c3)cc2)[nH]1)[C@@H](C)OC. The molecule has 2 aliphatic rings. The zero-order valence-electron chi connectivity index (χ0n) is 32.9. The second-order valence-electron chi connectivity index (χ2n) is 14.0. The second kappa shape index (κ2) is 18.3. The van der Waals surface area contributed by atoms with Crippen molar-refractivity contribution >= 4 is 24.0 Å². The Labute approximate surface area is 330 Å². The van der Waals surface area contributed by atoms with Gasteiger partial charge in [0.15, 0.2) is 0 Å². The van der Waals surface area contributed by atoms with Gasteiger partial charge in [0, 0.05) is 32.9 Å². The molecule has 0 aliphatic carbocycles. The topological polar surface area (TPSA) is 202 Å². The highest BCUT2D eigenvalue weighted by molar-refractivity contribution is 5.87. The van der Waals surface area contributed by atoms with Gasteiger partial charge in [-0.1, -0.05) is 12.1 Å². The molecule has 2 saturated heterocycles. The molecule has 0 bridgehead atoms. The van der Waals surface area contributed by atoms with E-state index in [9.17, 15) is 19.2 Å². The summed E-state index contributed by atoms with van der Waals surface area (Å²) in [6.45, 7) is 4.49. The number of nitrogens with one attached hydrogen (secondary N) is 4. The van der Waals surface area contributed by atoms with Crippen LogP contribution in [0.25, 0.3) is 22.5 Å². The number of carbonyl (C=O) groups excluding carboxylic acids is 4. The van der Waals surface area contributed by atoms with Gasteiger partial charge >= 0.3 is 12.2 Å². The summed E-state index contributed by atoms with van der Waals surface area (Å²) in [5.41, 5.74) is 3.29. The lowest BCUT2D eigenvalue weighted by Gasteiger charge is -2.30. The van der Waals surface area contributed by atoms with Crippen molar-refractivity contribution in [3.05, 3.63) is 72.6 Å². The number of nitrogens with zero attached hydrogens (tertiary/aromatic N) is 4. The maximum absolute atomic E-state index is 13.6. The Kier molecular flexibility index (Phi) is 13.1.